The van der Waals surface area contributed by atoms with E-state index in [2.05, 4.69) is 75.4 Å². The molecular formula is C16H39MgNSi2. The van der Waals surface area contributed by atoms with E-state index in [4.69, 9.17) is 4.65 Å². The molecule has 0 atom stereocenters. The van der Waals surface area contributed by atoms with Crippen molar-refractivity contribution in [1.82, 2.24) is 0 Å². The molecule has 0 rings (SSSR count). The van der Waals surface area contributed by atoms with Crippen LogP contribution in [0, 0.1) is 7.43 Å². The minimum absolute atomic E-state index is 0. The molecule has 0 amide bonds. The normalized spacial score (nSPS) is 13.5. The molecule has 0 radical (unpaired) electrons. The number of hydrogen-bond acceptors (Lipinski definition) is 0. The fourth-order valence-corrected chi connectivity index (χ4v) is 15.4. The standard InChI is InChI=1S/C15H36NSi2.CH3.Mg/c1-12(2)18(13(3)4,14(5)6)16-17(10,11)15(7,8)9;;/h12-14H,1-11H3;1H3;/q2*-1;+2. The van der Waals surface area contributed by atoms with Gasteiger partial charge in [0.1, 0.15) is 0 Å². The Kier molecular flexibility index (Phi) is 11.3. The molecule has 0 N–H and O–H groups in total. The van der Waals surface area contributed by atoms with E-state index in [0.29, 0.717) is 5.04 Å². The molecule has 0 aliphatic rings. The average molecular weight is 326 g/mol. The fourth-order valence-electron chi connectivity index (χ4n) is 3.04. The second-order valence-corrected chi connectivity index (χ2v) is 19.0. The first-order chi connectivity index (χ1) is 7.79. The molecule has 0 fully saturated rings. The molecule has 0 heterocycles. The number of hydrogen-bond donors (Lipinski definition) is 0. The van der Waals surface area contributed by atoms with Crippen molar-refractivity contribution in [2.45, 2.75) is 97.1 Å². The zero-order valence-corrected chi connectivity index (χ0v) is 19.8. The summed E-state index contributed by atoms with van der Waals surface area (Å²) in [6, 6.07) is 0. The summed E-state index contributed by atoms with van der Waals surface area (Å²) >= 11 is 0. The smallest absolute Gasteiger partial charge is 0.666 e. The van der Waals surface area contributed by atoms with Crippen LogP contribution in [0.2, 0.25) is 34.8 Å². The summed E-state index contributed by atoms with van der Waals surface area (Å²) in [7, 11) is -3.13. The zero-order valence-electron chi connectivity index (χ0n) is 16.4. The molecule has 4 heteroatoms. The molecule has 0 aliphatic carbocycles. The van der Waals surface area contributed by atoms with Gasteiger partial charge in [-0.3, -0.25) is 0 Å². The van der Waals surface area contributed by atoms with Crippen LogP contribution in [0.25, 0.3) is 4.65 Å². The van der Waals surface area contributed by atoms with E-state index in [1.54, 1.807) is 0 Å². The molecule has 118 valence electrons. The Morgan fingerprint density at radius 1 is 0.750 bits per heavy atom. The maximum atomic E-state index is 5.69. The maximum absolute atomic E-state index is 5.69. The van der Waals surface area contributed by atoms with Gasteiger partial charge in [-0.1, -0.05) is 105 Å². The molecule has 20 heavy (non-hydrogen) atoms. The molecule has 1 nitrogen and oxygen atoms in total. The van der Waals surface area contributed by atoms with E-state index < -0.39 is 16.5 Å². The summed E-state index contributed by atoms with van der Waals surface area (Å²) < 4.78 is 5.69. The topological polar surface area (TPSA) is 14.1 Å². The number of rotatable bonds is 5. The SMILES string of the molecule is CC(C)[Si]([N-][Si](C)(C)C(C)(C)C)(C(C)C)C(C)C.[CH3-].[Mg+2]. The van der Waals surface area contributed by atoms with Crippen molar-refractivity contribution in [3.8, 4) is 0 Å². The molecular weight excluding hydrogens is 287 g/mol. The van der Waals surface area contributed by atoms with Crippen molar-refractivity contribution >= 4 is 39.5 Å². The van der Waals surface area contributed by atoms with Crippen LogP contribution in [0.4, 0.5) is 0 Å². The van der Waals surface area contributed by atoms with Crippen molar-refractivity contribution in [2.24, 2.45) is 0 Å². The molecule has 0 saturated carbocycles. The summed E-state index contributed by atoms with van der Waals surface area (Å²) in [6.45, 7) is 26.5. The molecule has 0 aromatic heterocycles. The van der Waals surface area contributed by atoms with Gasteiger partial charge in [0.2, 0.25) is 0 Å². The predicted molar refractivity (Wildman–Crippen MR) is 104 cm³/mol. The van der Waals surface area contributed by atoms with Crippen LogP contribution in [0.5, 0.6) is 0 Å². The molecule has 0 aromatic rings. The van der Waals surface area contributed by atoms with E-state index in [1.807, 2.05) is 0 Å². The second kappa shape index (κ2) is 8.70. The van der Waals surface area contributed by atoms with E-state index in [0.717, 1.165) is 16.6 Å². The maximum Gasteiger partial charge on any atom is 2.00 e. The van der Waals surface area contributed by atoms with Crippen molar-refractivity contribution in [2.75, 3.05) is 0 Å². The van der Waals surface area contributed by atoms with Gasteiger partial charge >= 0.3 is 23.1 Å². The molecule has 0 spiro atoms. The minimum Gasteiger partial charge on any atom is -0.666 e. The van der Waals surface area contributed by atoms with Gasteiger partial charge in [0.25, 0.3) is 0 Å². The van der Waals surface area contributed by atoms with Gasteiger partial charge in [-0.15, -0.1) is 0 Å². The van der Waals surface area contributed by atoms with Crippen LogP contribution in [0.15, 0.2) is 0 Å². The van der Waals surface area contributed by atoms with E-state index in [1.165, 1.54) is 0 Å². The van der Waals surface area contributed by atoms with Crippen molar-refractivity contribution < 1.29 is 0 Å². The van der Waals surface area contributed by atoms with Crippen LogP contribution in [0.3, 0.4) is 0 Å². The predicted octanol–water partition coefficient (Wildman–Crippen LogP) is 6.61. The third-order valence-electron chi connectivity index (χ3n) is 5.08. The Morgan fingerprint density at radius 3 is 1.15 bits per heavy atom. The van der Waals surface area contributed by atoms with E-state index >= 15 is 0 Å². The molecule has 0 saturated heterocycles. The quantitative estimate of drug-likeness (QED) is 0.399. The van der Waals surface area contributed by atoms with E-state index in [-0.39, 0.29) is 30.5 Å². The summed E-state index contributed by atoms with van der Waals surface area (Å²) in [5, 5.41) is 0.365. The third-order valence-corrected chi connectivity index (χ3v) is 18.1. The number of nitrogens with zero attached hydrogens (tertiary/aromatic N) is 1. The molecule has 0 unspecified atom stereocenters. The summed E-state index contributed by atoms with van der Waals surface area (Å²) in [6.07, 6.45) is 0. The van der Waals surface area contributed by atoms with Crippen LogP contribution in [-0.4, -0.2) is 39.5 Å². The molecule has 0 aromatic carbocycles. The van der Waals surface area contributed by atoms with Gasteiger partial charge in [-0.05, 0) is 8.24 Å². The summed E-state index contributed by atoms with van der Waals surface area (Å²) in [4.78, 5) is 0. The molecule has 0 aliphatic heterocycles. The minimum atomic E-state index is -1.59. The summed E-state index contributed by atoms with van der Waals surface area (Å²) in [5.41, 5.74) is 2.23. The van der Waals surface area contributed by atoms with Gasteiger partial charge in [-0.2, -0.15) is 0 Å². The first kappa shape index (κ1) is 26.1. The van der Waals surface area contributed by atoms with Gasteiger partial charge in [0.15, 0.2) is 0 Å². The molecule has 0 bridgehead atoms. The van der Waals surface area contributed by atoms with Gasteiger partial charge in [-0.25, -0.2) is 0 Å². The Hall–Kier alpha value is 1.16. The van der Waals surface area contributed by atoms with Crippen molar-refractivity contribution in [1.29, 1.82) is 0 Å². The van der Waals surface area contributed by atoms with Gasteiger partial charge in [0.05, 0.1) is 0 Å². The van der Waals surface area contributed by atoms with Crippen molar-refractivity contribution in [3.63, 3.8) is 0 Å². The zero-order chi connectivity index (χ0) is 14.9. The Morgan fingerprint density at radius 2 is 1.00 bits per heavy atom. The van der Waals surface area contributed by atoms with Crippen LogP contribution < -0.4 is 0 Å². The second-order valence-electron chi connectivity index (χ2n) is 8.27. The largest absolute Gasteiger partial charge is 2.00 e. The third kappa shape index (κ3) is 5.41. The first-order valence-corrected chi connectivity index (χ1v) is 12.7. The average Bonchev–Trinajstić information content (AvgIpc) is 2.10. The summed E-state index contributed by atoms with van der Waals surface area (Å²) in [5.74, 6) is 0. The van der Waals surface area contributed by atoms with Crippen LogP contribution in [-0.2, 0) is 0 Å². The van der Waals surface area contributed by atoms with Crippen molar-refractivity contribution in [3.05, 3.63) is 12.1 Å². The Balaban J connectivity index is -0.00000144. The fraction of sp³-hybridized carbons (Fsp3) is 0.938. The van der Waals surface area contributed by atoms with Crippen LogP contribution >= 0.6 is 0 Å². The van der Waals surface area contributed by atoms with E-state index in [9.17, 15) is 0 Å². The van der Waals surface area contributed by atoms with Gasteiger partial charge < -0.3 is 12.1 Å². The monoisotopic (exact) mass is 325 g/mol. The van der Waals surface area contributed by atoms with Crippen LogP contribution in [0.1, 0.15) is 62.3 Å². The Bertz CT molecular complexity index is 246. The van der Waals surface area contributed by atoms with Gasteiger partial charge in [0, 0.05) is 0 Å². The Labute approximate surface area is 148 Å². The first-order valence-electron chi connectivity index (χ1n) is 7.53.